The van der Waals surface area contributed by atoms with Crippen molar-refractivity contribution >= 4 is 18.3 Å². The van der Waals surface area contributed by atoms with Gasteiger partial charge in [-0.05, 0) is 56.2 Å². The van der Waals surface area contributed by atoms with E-state index in [2.05, 4.69) is 34.5 Å². The van der Waals surface area contributed by atoms with Crippen molar-refractivity contribution in [1.29, 1.82) is 0 Å². The lowest BCUT2D eigenvalue weighted by molar-refractivity contribution is 0.0944. The van der Waals surface area contributed by atoms with Gasteiger partial charge in [0.2, 0.25) is 0 Å². The van der Waals surface area contributed by atoms with Crippen LogP contribution in [0.1, 0.15) is 48.8 Å². The number of carbonyl (C=O) groups is 1. The van der Waals surface area contributed by atoms with E-state index in [0.29, 0.717) is 24.9 Å². The maximum atomic E-state index is 12.4. The number of halogens is 1. The van der Waals surface area contributed by atoms with Gasteiger partial charge in [0.05, 0.1) is 6.04 Å². The molecule has 166 valence electrons. The molecule has 1 unspecified atom stereocenters. The van der Waals surface area contributed by atoms with Crippen LogP contribution >= 0.6 is 12.4 Å². The Morgan fingerprint density at radius 3 is 2.70 bits per heavy atom. The molecule has 1 aliphatic rings. The lowest BCUT2D eigenvalue weighted by Crippen LogP contribution is -2.32. The van der Waals surface area contributed by atoms with Crippen molar-refractivity contribution in [3.63, 3.8) is 0 Å². The molecule has 8 heteroatoms. The summed E-state index contributed by atoms with van der Waals surface area (Å²) in [7, 11) is 0. The molecule has 3 rings (SSSR count). The fourth-order valence-corrected chi connectivity index (χ4v) is 3.53. The molecule has 1 aromatic carbocycles. The number of likely N-dealkylation sites (N-methyl/N-ethyl adjacent to an activating group) is 1. The summed E-state index contributed by atoms with van der Waals surface area (Å²) in [5.41, 5.74) is 1.50. The van der Waals surface area contributed by atoms with Crippen LogP contribution in [0.15, 0.2) is 36.5 Å². The Kier molecular flexibility index (Phi) is 10.1. The topological polar surface area (TPSA) is 71.4 Å². The highest BCUT2D eigenvalue weighted by Crippen LogP contribution is 2.16. The quantitative estimate of drug-likeness (QED) is 0.600. The minimum atomic E-state index is -0.146. The van der Waals surface area contributed by atoms with Gasteiger partial charge in [-0.25, -0.2) is 0 Å². The lowest BCUT2D eigenvalue weighted by atomic mass is 10.1. The first-order valence-electron chi connectivity index (χ1n) is 10.7. The number of ether oxygens (including phenoxy) is 1. The average molecular weight is 436 g/mol. The first kappa shape index (κ1) is 24.2. The molecule has 1 aromatic heterocycles. The third-order valence-electron chi connectivity index (χ3n) is 5.43. The Morgan fingerprint density at radius 1 is 1.27 bits per heavy atom. The van der Waals surface area contributed by atoms with E-state index in [9.17, 15) is 4.79 Å². The third kappa shape index (κ3) is 7.00. The number of hydrogen-bond donors (Lipinski definition) is 2. The Hall–Kier alpha value is -2.09. The molecule has 0 bridgehead atoms. The molecule has 1 atom stereocenters. The second kappa shape index (κ2) is 12.6. The summed E-state index contributed by atoms with van der Waals surface area (Å²) >= 11 is 0. The number of benzene rings is 1. The molecule has 7 nitrogen and oxygen atoms in total. The Bertz CT molecular complexity index is 755. The van der Waals surface area contributed by atoms with E-state index in [4.69, 9.17) is 4.74 Å². The molecule has 0 saturated carbocycles. The maximum Gasteiger partial charge on any atom is 0.272 e. The highest BCUT2D eigenvalue weighted by Gasteiger charge is 2.17. The van der Waals surface area contributed by atoms with Gasteiger partial charge in [0.1, 0.15) is 18.1 Å². The van der Waals surface area contributed by atoms with E-state index < -0.39 is 0 Å². The Balaban J connectivity index is 0.00000320. The number of nitrogens with one attached hydrogen (secondary N) is 2. The van der Waals surface area contributed by atoms with E-state index in [-0.39, 0.29) is 18.3 Å². The zero-order valence-corrected chi connectivity index (χ0v) is 18.8. The summed E-state index contributed by atoms with van der Waals surface area (Å²) in [6, 6.07) is 10.00. The highest BCUT2D eigenvalue weighted by molar-refractivity contribution is 5.92. The summed E-state index contributed by atoms with van der Waals surface area (Å²) < 4.78 is 7.71. The smallest absolute Gasteiger partial charge is 0.272 e. The molecule has 1 amide bonds. The molecule has 1 aliphatic heterocycles. The molecule has 2 aromatic rings. The number of carbonyl (C=O) groups excluding carboxylic acids is 1. The van der Waals surface area contributed by atoms with Crippen LogP contribution < -0.4 is 15.4 Å². The van der Waals surface area contributed by atoms with Crippen molar-refractivity contribution < 1.29 is 9.53 Å². The van der Waals surface area contributed by atoms with Gasteiger partial charge >= 0.3 is 0 Å². The molecule has 30 heavy (non-hydrogen) atoms. The van der Waals surface area contributed by atoms with Gasteiger partial charge in [-0.3, -0.25) is 9.48 Å². The third-order valence-corrected chi connectivity index (χ3v) is 5.43. The van der Waals surface area contributed by atoms with E-state index in [1.165, 1.54) is 0 Å². The second-order valence-corrected chi connectivity index (χ2v) is 7.38. The largest absolute Gasteiger partial charge is 0.492 e. The monoisotopic (exact) mass is 435 g/mol. The normalized spacial score (nSPS) is 16.2. The lowest BCUT2D eigenvalue weighted by Gasteiger charge is -2.22. The number of aromatic nitrogens is 2. The summed E-state index contributed by atoms with van der Waals surface area (Å²) in [5.74, 6) is 0.708. The number of hydrogen-bond acceptors (Lipinski definition) is 5. The minimum Gasteiger partial charge on any atom is -0.492 e. The summed E-state index contributed by atoms with van der Waals surface area (Å²) in [5, 5.41) is 10.8. The zero-order valence-electron chi connectivity index (χ0n) is 18.0. The fraction of sp³-hybridized carbons (Fsp3) is 0.545. The van der Waals surface area contributed by atoms with Gasteiger partial charge in [-0.1, -0.05) is 26.0 Å². The number of amides is 1. The van der Waals surface area contributed by atoms with Crippen molar-refractivity contribution in [1.82, 2.24) is 25.3 Å². The van der Waals surface area contributed by atoms with Crippen molar-refractivity contribution in [2.75, 3.05) is 39.3 Å². The molecular weight excluding hydrogens is 402 g/mol. The highest BCUT2D eigenvalue weighted by atomic mass is 35.5. The Morgan fingerprint density at radius 2 is 2.03 bits per heavy atom. The van der Waals surface area contributed by atoms with Crippen molar-refractivity contribution in [3.8, 4) is 5.75 Å². The van der Waals surface area contributed by atoms with Gasteiger partial charge in [0.15, 0.2) is 0 Å². The van der Waals surface area contributed by atoms with E-state index in [1.807, 2.05) is 35.1 Å². The standard InChI is InChI=1S/C22H33N5O2.ClH/c1-3-26(4-2)14-15-29-20-9-7-18(8-10-20)16-24-22(28)21-11-13-27(25-21)19-6-5-12-23-17-19;/h7-11,13,19,23H,3-6,12,14-17H2,1-2H3,(H,24,28);1H. The molecule has 1 fully saturated rings. The molecule has 0 aliphatic carbocycles. The van der Waals surface area contributed by atoms with Crippen molar-refractivity contribution in [3.05, 3.63) is 47.8 Å². The first-order chi connectivity index (χ1) is 14.2. The average Bonchev–Trinajstić information content (AvgIpc) is 3.27. The van der Waals surface area contributed by atoms with Gasteiger partial charge in [-0.2, -0.15) is 5.10 Å². The molecule has 2 heterocycles. The van der Waals surface area contributed by atoms with Crippen LogP contribution in [0.25, 0.3) is 0 Å². The maximum absolute atomic E-state index is 12.4. The van der Waals surface area contributed by atoms with Gasteiger partial charge in [-0.15, -0.1) is 12.4 Å². The van der Waals surface area contributed by atoms with Crippen LogP contribution in [0.3, 0.4) is 0 Å². The van der Waals surface area contributed by atoms with Crippen LogP contribution in [0.4, 0.5) is 0 Å². The summed E-state index contributed by atoms with van der Waals surface area (Å²) in [6.45, 7) is 10.4. The zero-order chi connectivity index (χ0) is 20.5. The van der Waals surface area contributed by atoms with Gasteiger partial charge in [0, 0.05) is 25.8 Å². The molecule has 0 spiro atoms. The van der Waals surface area contributed by atoms with Gasteiger partial charge in [0.25, 0.3) is 5.91 Å². The number of rotatable bonds is 10. The molecule has 0 radical (unpaired) electrons. The van der Waals surface area contributed by atoms with E-state index >= 15 is 0 Å². The second-order valence-electron chi connectivity index (χ2n) is 7.38. The number of piperidine rings is 1. The van der Waals surface area contributed by atoms with Crippen LogP contribution in [-0.4, -0.2) is 59.9 Å². The number of nitrogens with zero attached hydrogens (tertiary/aromatic N) is 3. The van der Waals surface area contributed by atoms with Crippen molar-refractivity contribution in [2.45, 2.75) is 39.3 Å². The summed E-state index contributed by atoms with van der Waals surface area (Å²) in [6.07, 6.45) is 4.14. The SMILES string of the molecule is CCN(CC)CCOc1ccc(CNC(=O)c2ccn(C3CCCNC3)n2)cc1.Cl. The van der Waals surface area contributed by atoms with E-state index in [1.54, 1.807) is 6.07 Å². The van der Waals surface area contributed by atoms with E-state index in [0.717, 1.165) is 56.9 Å². The fourth-order valence-electron chi connectivity index (χ4n) is 3.53. The first-order valence-corrected chi connectivity index (χ1v) is 10.7. The molecular formula is C22H34ClN5O2. The summed E-state index contributed by atoms with van der Waals surface area (Å²) in [4.78, 5) is 14.7. The van der Waals surface area contributed by atoms with Gasteiger partial charge < -0.3 is 20.3 Å². The van der Waals surface area contributed by atoms with Crippen molar-refractivity contribution in [2.24, 2.45) is 0 Å². The molecule has 2 N–H and O–H groups in total. The minimum absolute atomic E-state index is 0. The Labute approximate surface area is 185 Å². The predicted molar refractivity (Wildman–Crippen MR) is 122 cm³/mol. The van der Waals surface area contributed by atoms with Crippen LogP contribution in [0, 0.1) is 0 Å². The van der Waals surface area contributed by atoms with Crippen LogP contribution in [0.5, 0.6) is 5.75 Å². The van der Waals surface area contributed by atoms with Crippen LogP contribution in [-0.2, 0) is 6.54 Å². The predicted octanol–water partition coefficient (Wildman–Crippen LogP) is 2.88. The van der Waals surface area contributed by atoms with Crippen LogP contribution in [0.2, 0.25) is 0 Å². The molecule has 1 saturated heterocycles.